The highest BCUT2D eigenvalue weighted by Crippen LogP contribution is 2.41. The predicted octanol–water partition coefficient (Wildman–Crippen LogP) is 3.94. The number of carbonyl (C=O) groups excluding carboxylic acids is 1. The molecule has 120 valence electrons. The lowest BCUT2D eigenvalue weighted by molar-refractivity contribution is 0.0943. The number of hydrogen-bond donors (Lipinski definition) is 1. The summed E-state index contributed by atoms with van der Waals surface area (Å²) in [5, 5.41) is 3.14. The molecule has 1 aliphatic rings. The highest BCUT2D eigenvalue weighted by Gasteiger charge is 2.35. The van der Waals surface area contributed by atoms with E-state index in [2.05, 4.69) is 17.4 Å². The summed E-state index contributed by atoms with van der Waals surface area (Å²) >= 11 is 0. The van der Waals surface area contributed by atoms with Crippen molar-refractivity contribution >= 4 is 5.91 Å². The summed E-state index contributed by atoms with van der Waals surface area (Å²) in [7, 11) is 1.68. The summed E-state index contributed by atoms with van der Waals surface area (Å²) < 4.78 is 5.25. The van der Waals surface area contributed by atoms with Crippen LogP contribution >= 0.6 is 0 Å². The van der Waals surface area contributed by atoms with E-state index in [9.17, 15) is 4.79 Å². The van der Waals surface area contributed by atoms with E-state index in [4.69, 9.17) is 4.74 Å². The van der Waals surface area contributed by atoms with E-state index in [1.165, 1.54) is 18.4 Å². The van der Waals surface area contributed by atoms with Crippen LogP contribution < -0.4 is 10.1 Å². The minimum atomic E-state index is 0.00499. The fourth-order valence-corrected chi connectivity index (χ4v) is 3.50. The topological polar surface area (TPSA) is 38.3 Å². The van der Waals surface area contributed by atoms with Crippen molar-refractivity contribution in [2.75, 3.05) is 13.7 Å². The first kappa shape index (κ1) is 15.6. The van der Waals surface area contributed by atoms with Crippen molar-refractivity contribution in [2.45, 2.75) is 31.1 Å². The SMILES string of the molecule is COc1ccc(C2(CNC(=O)c3ccccc3)CCCC2)cc1. The van der Waals surface area contributed by atoms with Crippen LogP contribution in [0.1, 0.15) is 41.6 Å². The van der Waals surface area contributed by atoms with Crippen molar-refractivity contribution in [3.63, 3.8) is 0 Å². The molecule has 23 heavy (non-hydrogen) atoms. The van der Waals surface area contributed by atoms with Crippen molar-refractivity contribution in [1.29, 1.82) is 0 Å². The number of amides is 1. The lowest BCUT2D eigenvalue weighted by Gasteiger charge is -2.30. The van der Waals surface area contributed by atoms with E-state index in [0.717, 1.165) is 24.2 Å². The zero-order valence-electron chi connectivity index (χ0n) is 13.5. The summed E-state index contributed by atoms with van der Waals surface area (Å²) in [6, 6.07) is 17.7. The molecule has 1 fully saturated rings. The van der Waals surface area contributed by atoms with Crippen LogP contribution in [-0.4, -0.2) is 19.6 Å². The third kappa shape index (κ3) is 3.39. The average molecular weight is 309 g/mol. The predicted molar refractivity (Wildman–Crippen MR) is 91.9 cm³/mol. The number of nitrogens with one attached hydrogen (secondary N) is 1. The van der Waals surface area contributed by atoms with Gasteiger partial charge < -0.3 is 10.1 Å². The minimum absolute atomic E-state index is 0.00499. The van der Waals surface area contributed by atoms with Gasteiger partial charge in [0.2, 0.25) is 0 Å². The van der Waals surface area contributed by atoms with E-state index >= 15 is 0 Å². The van der Waals surface area contributed by atoms with Crippen LogP contribution in [-0.2, 0) is 5.41 Å². The van der Waals surface area contributed by atoms with Gasteiger partial charge in [-0.2, -0.15) is 0 Å². The largest absolute Gasteiger partial charge is 0.497 e. The number of benzene rings is 2. The van der Waals surface area contributed by atoms with Gasteiger partial charge in [-0.1, -0.05) is 43.2 Å². The lowest BCUT2D eigenvalue weighted by atomic mass is 9.78. The van der Waals surface area contributed by atoms with Crippen molar-refractivity contribution in [3.8, 4) is 5.75 Å². The molecule has 1 N–H and O–H groups in total. The first-order valence-electron chi connectivity index (χ1n) is 8.21. The molecule has 0 bridgehead atoms. The van der Waals surface area contributed by atoms with Crippen LogP contribution in [0, 0.1) is 0 Å². The monoisotopic (exact) mass is 309 g/mol. The second kappa shape index (κ2) is 6.86. The van der Waals surface area contributed by atoms with Gasteiger partial charge in [-0.3, -0.25) is 4.79 Å². The van der Waals surface area contributed by atoms with Gasteiger partial charge in [0.15, 0.2) is 0 Å². The molecule has 2 aromatic carbocycles. The van der Waals surface area contributed by atoms with Gasteiger partial charge in [0.1, 0.15) is 5.75 Å². The molecule has 3 rings (SSSR count). The molecule has 0 saturated heterocycles. The number of carbonyl (C=O) groups is 1. The minimum Gasteiger partial charge on any atom is -0.497 e. The Morgan fingerprint density at radius 1 is 1.04 bits per heavy atom. The Balaban J connectivity index is 1.74. The molecule has 0 radical (unpaired) electrons. The van der Waals surface area contributed by atoms with E-state index < -0.39 is 0 Å². The molecule has 1 aliphatic carbocycles. The molecule has 0 unspecified atom stereocenters. The quantitative estimate of drug-likeness (QED) is 0.908. The molecule has 2 aromatic rings. The van der Waals surface area contributed by atoms with E-state index in [1.54, 1.807) is 7.11 Å². The van der Waals surface area contributed by atoms with E-state index in [1.807, 2.05) is 42.5 Å². The van der Waals surface area contributed by atoms with Crippen molar-refractivity contribution < 1.29 is 9.53 Å². The molecule has 3 heteroatoms. The van der Waals surface area contributed by atoms with Crippen LogP contribution in [0.5, 0.6) is 5.75 Å². The summed E-state index contributed by atoms with van der Waals surface area (Å²) in [6.07, 6.45) is 4.67. The van der Waals surface area contributed by atoms with E-state index in [0.29, 0.717) is 6.54 Å². The third-order valence-corrected chi connectivity index (χ3v) is 4.89. The zero-order valence-corrected chi connectivity index (χ0v) is 13.5. The standard InChI is InChI=1S/C20H23NO2/c1-23-18-11-9-17(10-12-18)20(13-5-6-14-20)15-21-19(22)16-7-3-2-4-8-16/h2-4,7-12H,5-6,13-15H2,1H3,(H,21,22). The summed E-state index contributed by atoms with van der Waals surface area (Å²) in [4.78, 5) is 12.3. The Morgan fingerprint density at radius 3 is 2.30 bits per heavy atom. The Labute approximate surface area is 137 Å². The smallest absolute Gasteiger partial charge is 0.251 e. The fourth-order valence-electron chi connectivity index (χ4n) is 3.50. The Hall–Kier alpha value is -2.29. The van der Waals surface area contributed by atoms with Gasteiger partial charge >= 0.3 is 0 Å². The molecule has 1 amide bonds. The van der Waals surface area contributed by atoms with Gasteiger partial charge in [-0.25, -0.2) is 0 Å². The number of methoxy groups -OCH3 is 1. The highest BCUT2D eigenvalue weighted by atomic mass is 16.5. The molecule has 0 spiro atoms. The maximum atomic E-state index is 12.3. The molecule has 1 saturated carbocycles. The zero-order chi connectivity index (χ0) is 16.1. The first-order valence-corrected chi connectivity index (χ1v) is 8.21. The van der Waals surface area contributed by atoms with Gasteiger partial charge in [0.05, 0.1) is 7.11 Å². The second-order valence-electron chi connectivity index (χ2n) is 6.26. The fraction of sp³-hybridized carbons (Fsp3) is 0.350. The lowest BCUT2D eigenvalue weighted by Crippen LogP contribution is -2.39. The van der Waals surface area contributed by atoms with Crippen LogP contribution in [0.25, 0.3) is 0 Å². The Bertz CT molecular complexity index is 643. The van der Waals surface area contributed by atoms with Gasteiger partial charge in [0.25, 0.3) is 5.91 Å². The van der Waals surface area contributed by atoms with E-state index in [-0.39, 0.29) is 11.3 Å². The molecule has 0 atom stereocenters. The van der Waals surface area contributed by atoms with Crippen LogP contribution in [0.15, 0.2) is 54.6 Å². The third-order valence-electron chi connectivity index (χ3n) is 4.89. The van der Waals surface area contributed by atoms with Gasteiger partial charge in [0, 0.05) is 17.5 Å². The molecule has 0 aliphatic heterocycles. The van der Waals surface area contributed by atoms with Gasteiger partial charge in [-0.05, 0) is 42.7 Å². The van der Waals surface area contributed by atoms with Crippen molar-refractivity contribution in [3.05, 3.63) is 65.7 Å². The number of ether oxygens (including phenoxy) is 1. The van der Waals surface area contributed by atoms with Gasteiger partial charge in [-0.15, -0.1) is 0 Å². The summed E-state index contributed by atoms with van der Waals surface area (Å²) in [5.74, 6) is 0.876. The highest BCUT2D eigenvalue weighted by molar-refractivity contribution is 5.94. The molecular formula is C20H23NO2. The summed E-state index contributed by atoms with van der Waals surface area (Å²) in [6.45, 7) is 0.688. The summed E-state index contributed by atoms with van der Waals surface area (Å²) in [5.41, 5.74) is 2.07. The Kier molecular flexibility index (Phi) is 4.65. The average Bonchev–Trinajstić information content (AvgIpc) is 3.11. The van der Waals surface area contributed by atoms with Crippen LogP contribution in [0.4, 0.5) is 0 Å². The number of hydrogen-bond acceptors (Lipinski definition) is 2. The molecule has 0 aromatic heterocycles. The molecule has 0 heterocycles. The number of rotatable bonds is 5. The van der Waals surface area contributed by atoms with Crippen molar-refractivity contribution in [1.82, 2.24) is 5.32 Å². The normalized spacial score (nSPS) is 16.0. The maximum absolute atomic E-state index is 12.3. The van der Waals surface area contributed by atoms with Crippen LogP contribution in [0.3, 0.4) is 0 Å². The second-order valence-corrected chi connectivity index (χ2v) is 6.26. The first-order chi connectivity index (χ1) is 11.2. The van der Waals surface area contributed by atoms with Crippen LogP contribution in [0.2, 0.25) is 0 Å². The molecule has 3 nitrogen and oxygen atoms in total. The molecular weight excluding hydrogens is 286 g/mol. The van der Waals surface area contributed by atoms with Crippen molar-refractivity contribution in [2.24, 2.45) is 0 Å². The maximum Gasteiger partial charge on any atom is 0.251 e. The Morgan fingerprint density at radius 2 is 1.70 bits per heavy atom.